The molecule has 4 aromatic carbocycles. The topological polar surface area (TPSA) is 60.8 Å². The Morgan fingerprint density at radius 1 is 0.742 bits per heavy atom. The molecule has 0 spiro atoms. The summed E-state index contributed by atoms with van der Waals surface area (Å²) in [5, 5.41) is 19.6. The number of rotatable bonds is 4. The molecule has 1 heterocycles. The molecule has 1 unspecified atom stereocenters. The van der Waals surface area contributed by atoms with E-state index in [0.717, 1.165) is 45.4 Å². The van der Waals surface area contributed by atoms with Crippen molar-refractivity contribution in [3.8, 4) is 33.8 Å². The van der Waals surface area contributed by atoms with E-state index in [1.165, 1.54) is 0 Å². The Hall–Kier alpha value is -4.05. The largest absolute Gasteiger partial charge is 0.508 e. The summed E-state index contributed by atoms with van der Waals surface area (Å²) in [4.78, 5) is 14.3. The van der Waals surface area contributed by atoms with Crippen LogP contribution in [0, 0.1) is 0 Å². The van der Waals surface area contributed by atoms with Crippen LogP contribution in [0.2, 0.25) is 0 Å². The molecule has 1 aliphatic rings. The number of aldehydes is 1. The minimum atomic E-state index is -0.359. The summed E-state index contributed by atoms with van der Waals surface area (Å²) >= 11 is 0. The Kier molecular flexibility index (Phi) is 4.68. The van der Waals surface area contributed by atoms with Crippen molar-refractivity contribution in [3.63, 3.8) is 0 Å². The molecule has 1 atom stereocenters. The van der Waals surface area contributed by atoms with Crippen molar-refractivity contribution in [1.29, 1.82) is 0 Å². The number of fused-ring (bicyclic) bond motifs is 1. The van der Waals surface area contributed by atoms with Gasteiger partial charge in [0.15, 0.2) is 0 Å². The van der Waals surface area contributed by atoms with Gasteiger partial charge in [-0.15, -0.1) is 0 Å². The smallest absolute Gasteiger partial charge is 0.147 e. The van der Waals surface area contributed by atoms with Crippen LogP contribution in [0.25, 0.3) is 22.3 Å². The molecule has 0 amide bonds. The summed E-state index contributed by atoms with van der Waals surface area (Å²) < 4.78 is 0. The Morgan fingerprint density at radius 3 is 2.06 bits per heavy atom. The summed E-state index contributed by atoms with van der Waals surface area (Å²) in [6, 6.07) is 28.0. The minimum Gasteiger partial charge on any atom is -0.508 e. The average Bonchev–Trinajstić information content (AvgIpc) is 3.18. The van der Waals surface area contributed by atoms with Gasteiger partial charge < -0.3 is 19.9 Å². The molecule has 4 aromatic rings. The van der Waals surface area contributed by atoms with Gasteiger partial charge in [0.05, 0.1) is 0 Å². The second kappa shape index (κ2) is 7.65. The van der Waals surface area contributed by atoms with E-state index in [-0.39, 0.29) is 17.5 Å². The number of hydrogen-bond donors (Lipinski definition) is 2. The van der Waals surface area contributed by atoms with Gasteiger partial charge in [0.25, 0.3) is 0 Å². The highest BCUT2D eigenvalue weighted by Gasteiger charge is 2.31. The lowest BCUT2D eigenvalue weighted by Crippen LogP contribution is -2.23. The van der Waals surface area contributed by atoms with Gasteiger partial charge in [-0.1, -0.05) is 60.7 Å². The number of anilines is 1. The number of aromatic hydroxyl groups is 2. The van der Waals surface area contributed by atoms with Crippen molar-refractivity contribution in [2.24, 2.45) is 0 Å². The monoisotopic (exact) mass is 407 g/mol. The van der Waals surface area contributed by atoms with E-state index in [1.807, 2.05) is 60.7 Å². The van der Waals surface area contributed by atoms with E-state index in [0.29, 0.717) is 6.54 Å². The Bertz CT molecular complexity index is 1250. The van der Waals surface area contributed by atoms with Crippen molar-refractivity contribution >= 4 is 12.0 Å². The van der Waals surface area contributed by atoms with Crippen LogP contribution in [-0.4, -0.2) is 16.5 Å². The molecule has 2 N–H and O–H groups in total. The predicted octanol–water partition coefficient (Wildman–Crippen LogP) is 5.69. The summed E-state index contributed by atoms with van der Waals surface area (Å²) in [6.07, 6.45) is 1.000. The van der Waals surface area contributed by atoms with Crippen molar-refractivity contribution in [2.75, 3.05) is 4.90 Å². The zero-order valence-corrected chi connectivity index (χ0v) is 16.8. The minimum absolute atomic E-state index is 0.201. The number of phenolic OH excluding ortho intramolecular Hbond substituents is 2. The van der Waals surface area contributed by atoms with Crippen LogP contribution >= 0.6 is 0 Å². The number of nitrogens with zero attached hydrogens (tertiary/aromatic N) is 1. The molecule has 5 rings (SSSR count). The zero-order chi connectivity index (χ0) is 21.4. The first-order chi connectivity index (χ1) is 15.2. The first-order valence-electron chi connectivity index (χ1n) is 10.2. The molecule has 31 heavy (non-hydrogen) atoms. The van der Waals surface area contributed by atoms with Gasteiger partial charge in [0, 0.05) is 17.8 Å². The first-order valence-corrected chi connectivity index (χ1v) is 10.2. The van der Waals surface area contributed by atoms with Gasteiger partial charge in [-0.3, -0.25) is 0 Å². The lowest BCUT2D eigenvalue weighted by molar-refractivity contribution is -0.108. The van der Waals surface area contributed by atoms with Gasteiger partial charge in [0.1, 0.15) is 23.8 Å². The molecule has 0 aliphatic carbocycles. The summed E-state index contributed by atoms with van der Waals surface area (Å²) in [5.74, 6) is 0.411. The molecule has 0 saturated carbocycles. The van der Waals surface area contributed by atoms with Crippen molar-refractivity contribution in [2.45, 2.75) is 12.6 Å². The first kappa shape index (κ1) is 18.9. The molecular formula is C27H21NO3. The van der Waals surface area contributed by atoms with Crippen LogP contribution in [0.4, 0.5) is 5.69 Å². The standard InChI is InChI=1S/C27H21NO3/c29-17-26-23-5-2-1-4-20(23)16-28(26)25-7-3-6-24(18-8-12-21(30)13-9-18)27(25)19-10-14-22(31)15-11-19/h1-15,17,26,30-31H,16H2. The fraction of sp³-hybridized carbons (Fsp3) is 0.0741. The van der Waals surface area contributed by atoms with E-state index >= 15 is 0 Å². The van der Waals surface area contributed by atoms with Crippen LogP contribution in [0.15, 0.2) is 91.0 Å². The Morgan fingerprint density at radius 2 is 1.39 bits per heavy atom. The van der Waals surface area contributed by atoms with Gasteiger partial charge in [-0.05, 0) is 58.1 Å². The fourth-order valence-corrected chi connectivity index (χ4v) is 4.39. The van der Waals surface area contributed by atoms with E-state index in [4.69, 9.17) is 0 Å². The Balaban J connectivity index is 1.73. The van der Waals surface area contributed by atoms with Crippen molar-refractivity contribution < 1.29 is 15.0 Å². The lowest BCUT2D eigenvalue weighted by atomic mass is 9.92. The molecule has 0 radical (unpaired) electrons. The van der Waals surface area contributed by atoms with Gasteiger partial charge in [-0.2, -0.15) is 0 Å². The second-order valence-electron chi connectivity index (χ2n) is 7.70. The van der Waals surface area contributed by atoms with Gasteiger partial charge in [-0.25, -0.2) is 0 Å². The van der Waals surface area contributed by atoms with E-state index < -0.39 is 0 Å². The average molecular weight is 407 g/mol. The second-order valence-corrected chi connectivity index (χ2v) is 7.70. The molecule has 0 fully saturated rings. The normalized spacial score (nSPS) is 15.0. The number of phenols is 2. The van der Waals surface area contributed by atoms with Gasteiger partial charge in [0.2, 0.25) is 0 Å². The molecule has 0 aromatic heterocycles. The predicted molar refractivity (Wildman–Crippen MR) is 122 cm³/mol. The summed E-state index contributed by atoms with van der Waals surface area (Å²) in [6.45, 7) is 0.643. The molecular weight excluding hydrogens is 386 g/mol. The quantitative estimate of drug-likeness (QED) is 0.427. The molecule has 4 nitrogen and oxygen atoms in total. The highest BCUT2D eigenvalue weighted by molar-refractivity contribution is 5.94. The van der Waals surface area contributed by atoms with Crippen LogP contribution < -0.4 is 4.90 Å². The molecule has 152 valence electrons. The maximum atomic E-state index is 12.1. The van der Waals surface area contributed by atoms with Crippen molar-refractivity contribution in [3.05, 3.63) is 102 Å². The fourth-order valence-electron chi connectivity index (χ4n) is 4.39. The van der Waals surface area contributed by atoms with E-state index in [1.54, 1.807) is 24.3 Å². The lowest BCUT2D eigenvalue weighted by Gasteiger charge is -2.28. The third kappa shape index (κ3) is 3.32. The SMILES string of the molecule is O=CC1c2ccccc2CN1c1cccc(-c2ccc(O)cc2)c1-c1ccc(O)cc1. The molecule has 0 bridgehead atoms. The third-order valence-electron chi connectivity index (χ3n) is 5.87. The number of hydrogen-bond acceptors (Lipinski definition) is 4. The molecule has 1 aliphatic heterocycles. The zero-order valence-electron chi connectivity index (χ0n) is 16.8. The van der Waals surface area contributed by atoms with Crippen LogP contribution in [0.3, 0.4) is 0 Å². The highest BCUT2D eigenvalue weighted by atomic mass is 16.3. The molecule has 0 saturated heterocycles. The maximum absolute atomic E-state index is 12.1. The third-order valence-corrected chi connectivity index (χ3v) is 5.87. The number of carbonyl (C=O) groups is 1. The Labute approximate surface area is 180 Å². The van der Waals surface area contributed by atoms with Crippen LogP contribution in [-0.2, 0) is 11.3 Å². The highest BCUT2D eigenvalue weighted by Crippen LogP contribution is 2.45. The van der Waals surface area contributed by atoms with Crippen LogP contribution in [0.1, 0.15) is 17.2 Å². The number of carbonyl (C=O) groups excluding carboxylic acids is 1. The maximum Gasteiger partial charge on any atom is 0.147 e. The molecule has 4 heteroatoms. The van der Waals surface area contributed by atoms with Crippen LogP contribution in [0.5, 0.6) is 11.5 Å². The van der Waals surface area contributed by atoms with E-state index in [2.05, 4.69) is 11.0 Å². The summed E-state index contributed by atoms with van der Waals surface area (Å²) in [5.41, 5.74) is 7.00. The van der Waals surface area contributed by atoms with Crippen molar-refractivity contribution in [1.82, 2.24) is 0 Å². The van der Waals surface area contributed by atoms with E-state index in [9.17, 15) is 15.0 Å². The summed E-state index contributed by atoms with van der Waals surface area (Å²) in [7, 11) is 0. The van der Waals surface area contributed by atoms with Gasteiger partial charge >= 0.3 is 0 Å². The number of benzene rings is 4.